The molecule has 21 heavy (non-hydrogen) atoms. The molecule has 0 bridgehead atoms. The van der Waals surface area contributed by atoms with Crippen molar-refractivity contribution >= 4 is 11.1 Å². The van der Waals surface area contributed by atoms with Gasteiger partial charge in [-0.05, 0) is 35.7 Å². The zero-order valence-electron chi connectivity index (χ0n) is 11.8. The second kappa shape index (κ2) is 8.45. The topological polar surface area (TPSA) is 82.1 Å². The van der Waals surface area contributed by atoms with Crippen molar-refractivity contribution in [2.24, 2.45) is 0 Å². The summed E-state index contributed by atoms with van der Waals surface area (Å²) in [4.78, 5) is 2.48. The maximum Gasteiger partial charge on any atom is 0.124 e. The molecule has 0 radical (unpaired) electrons. The van der Waals surface area contributed by atoms with Gasteiger partial charge in [-0.3, -0.25) is 9.11 Å². The molecule has 1 aromatic rings. The summed E-state index contributed by atoms with van der Waals surface area (Å²) in [6.07, 6.45) is 0.875. The fraction of sp³-hybridized carbons (Fsp3) is 0.571. The maximum atomic E-state index is 10.9. The molecular formula is C14H20NO5S-. The Morgan fingerprint density at radius 1 is 1.38 bits per heavy atom. The summed E-state index contributed by atoms with van der Waals surface area (Å²) in [5.41, 5.74) is 0.489. The van der Waals surface area contributed by atoms with E-state index in [2.05, 4.69) is 4.90 Å². The normalized spacial score (nSPS) is 17.6. The zero-order chi connectivity index (χ0) is 15.1. The fourth-order valence-corrected chi connectivity index (χ4v) is 2.64. The van der Waals surface area contributed by atoms with Crippen LogP contribution in [0.4, 0.5) is 0 Å². The van der Waals surface area contributed by atoms with E-state index in [0.29, 0.717) is 17.9 Å². The van der Waals surface area contributed by atoms with Gasteiger partial charge in [-0.15, -0.1) is 0 Å². The third kappa shape index (κ3) is 5.05. The van der Waals surface area contributed by atoms with Gasteiger partial charge in [0.15, 0.2) is 0 Å². The first kappa shape index (κ1) is 16.4. The molecule has 1 saturated heterocycles. The molecule has 1 unspecified atom stereocenters. The Morgan fingerprint density at radius 3 is 2.81 bits per heavy atom. The van der Waals surface area contributed by atoms with Crippen LogP contribution in [-0.2, 0) is 22.4 Å². The minimum atomic E-state index is -2.30. The van der Waals surface area contributed by atoms with Crippen molar-refractivity contribution in [2.75, 3.05) is 39.5 Å². The Balaban J connectivity index is 1.80. The molecule has 0 saturated carbocycles. The molecule has 6 nitrogen and oxygen atoms in total. The van der Waals surface area contributed by atoms with E-state index in [4.69, 9.17) is 9.47 Å². The van der Waals surface area contributed by atoms with Crippen molar-refractivity contribution in [1.82, 2.24) is 4.90 Å². The molecule has 0 amide bonds. The summed E-state index contributed by atoms with van der Waals surface area (Å²) < 4.78 is 32.7. The largest absolute Gasteiger partial charge is 0.768 e. The lowest BCUT2D eigenvalue weighted by molar-refractivity contribution is 0.0357. The van der Waals surface area contributed by atoms with Gasteiger partial charge in [-0.25, -0.2) is 0 Å². The number of morpholine rings is 1. The molecule has 1 aliphatic heterocycles. The van der Waals surface area contributed by atoms with Crippen molar-refractivity contribution in [3.8, 4) is 5.75 Å². The number of hydrogen-bond acceptors (Lipinski definition) is 6. The molecule has 1 aromatic carbocycles. The van der Waals surface area contributed by atoms with Gasteiger partial charge in [0, 0.05) is 30.1 Å². The molecule has 1 atom stereocenters. The predicted octanol–water partition coefficient (Wildman–Crippen LogP) is 0.518. The molecule has 0 aromatic heterocycles. The van der Waals surface area contributed by atoms with E-state index in [9.17, 15) is 13.9 Å². The standard InChI is InChI=1S/C14H21NO5S/c16-11-12-10-13(21(17)18)2-3-14(12)20-7-1-4-15-5-8-19-9-6-15/h2-3,10,16H,1,4-9,11H2,(H,17,18)/p-1. The van der Waals surface area contributed by atoms with Crippen LogP contribution in [-0.4, -0.2) is 58.2 Å². The molecule has 7 heteroatoms. The average Bonchev–Trinajstić information content (AvgIpc) is 2.52. The van der Waals surface area contributed by atoms with Crippen molar-refractivity contribution in [2.45, 2.75) is 17.9 Å². The van der Waals surface area contributed by atoms with Gasteiger partial charge in [0.05, 0.1) is 26.4 Å². The van der Waals surface area contributed by atoms with Crippen LogP contribution in [0.2, 0.25) is 0 Å². The SMILES string of the molecule is O=S([O-])c1ccc(OCCCN2CCOCC2)c(CO)c1. The first-order valence-electron chi connectivity index (χ1n) is 6.96. The van der Waals surface area contributed by atoms with E-state index in [0.717, 1.165) is 39.3 Å². The first-order chi connectivity index (χ1) is 10.2. The van der Waals surface area contributed by atoms with E-state index in [-0.39, 0.29) is 11.5 Å². The molecule has 1 heterocycles. The molecule has 118 valence electrons. The first-order valence-corrected chi connectivity index (χ1v) is 8.04. The monoisotopic (exact) mass is 314 g/mol. The highest BCUT2D eigenvalue weighted by Crippen LogP contribution is 2.22. The van der Waals surface area contributed by atoms with Crippen LogP contribution in [0.15, 0.2) is 23.1 Å². The van der Waals surface area contributed by atoms with Gasteiger partial charge < -0.3 is 19.1 Å². The minimum absolute atomic E-state index is 0.153. The summed E-state index contributed by atoms with van der Waals surface area (Å²) in [5.74, 6) is 0.536. The highest BCUT2D eigenvalue weighted by atomic mass is 32.2. The van der Waals surface area contributed by atoms with Crippen LogP contribution in [0.5, 0.6) is 5.75 Å². The smallest absolute Gasteiger partial charge is 0.124 e. The van der Waals surface area contributed by atoms with Crippen LogP contribution < -0.4 is 4.74 Å². The summed E-state index contributed by atoms with van der Waals surface area (Å²) in [6.45, 7) is 4.69. The van der Waals surface area contributed by atoms with E-state index >= 15 is 0 Å². The highest BCUT2D eigenvalue weighted by molar-refractivity contribution is 7.79. The number of aliphatic hydroxyl groups excluding tert-OH is 1. The van der Waals surface area contributed by atoms with Crippen LogP contribution in [0.25, 0.3) is 0 Å². The quantitative estimate of drug-likeness (QED) is 0.583. The molecule has 0 spiro atoms. The van der Waals surface area contributed by atoms with Gasteiger partial charge in [0.1, 0.15) is 5.75 Å². The Hall–Kier alpha value is -0.990. The summed E-state index contributed by atoms with van der Waals surface area (Å²) >= 11 is -2.30. The summed E-state index contributed by atoms with van der Waals surface area (Å²) in [5, 5.41) is 9.28. The van der Waals surface area contributed by atoms with Gasteiger partial charge in [-0.2, -0.15) is 0 Å². The minimum Gasteiger partial charge on any atom is -0.768 e. The third-order valence-electron chi connectivity index (χ3n) is 3.37. The van der Waals surface area contributed by atoms with Crippen LogP contribution in [0.3, 0.4) is 0 Å². The lowest BCUT2D eigenvalue weighted by Gasteiger charge is -2.26. The second-order valence-corrected chi connectivity index (χ2v) is 5.76. The number of nitrogens with zero attached hydrogens (tertiary/aromatic N) is 1. The number of ether oxygens (including phenoxy) is 2. The number of aliphatic hydroxyl groups is 1. The molecule has 1 fully saturated rings. The third-order valence-corrected chi connectivity index (χ3v) is 4.01. The number of hydrogen-bond donors (Lipinski definition) is 1. The predicted molar refractivity (Wildman–Crippen MR) is 76.9 cm³/mol. The average molecular weight is 314 g/mol. The number of benzene rings is 1. The Labute approximate surface area is 127 Å². The van der Waals surface area contributed by atoms with Crippen molar-refractivity contribution in [1.29, 1.82) is 0 Å². The van der Waals surface area contributed by atoms with Crippen LogP contribution in [0, 0.1) is 0 Å². The van der Waals surface area contributed by atoms with Gasteiger partial charge in [0.25, 0.3) is 0 Å². The molecule has 1 aliphatic rings. The van der Waals surface area contributed by atoms with Gasteiger partial charge in [0.2, 0.25) is 0 Å². The Morgan fingerprint density at radius 2 is 2.14 bits per heavy atom. The van der Waals surface area contributed by atoms with E-state index in [1.165, 1.54) is 12.1 Å². The molecule has 1 N–H and O–H groups in total. The van der Waals surface area contributed by atoms with Crippen molar-refractivity contribution < 1.29 is 23.3 Å². The van der Waals surface area contributed by atoms with Gasteiger partial charge in [-0.1, -0.05) is 0 Å². The number of rotatable bonds is 7. The fourth-order valence-electron chi connectivity index (χ4n) is 2.22. The Kier molecular flexibility index (Phi) is 6.59. The van der Waals surface area contributed by atoms with Crippen LogP contribution in [0.1, 0.15) is 12.0 Å². The van der Waals surface area contributed by atoms with E-state index in [1.54, 1.807) is 6.07 Å². The van der Waals surface area contributed by atoms with Crippen LogP contribution >= 0.6 is 0 Å². The van der Waals surface area contributed by atoms with E-state index < -0.39 is 11.1 Å². The van der Waals surface area contributed by atoms with Crippen molar-refractivity contribution in [3.05, 3.63) is 23.8 Å². The van der Waals surface area contributed by atoms with Gasteiger partial charge >= 0.3 is 0 Å². The molecule has 2 rings (SSSR count). The lowest BCUT2D eigenvalue weighted by atomic mass is 10.2. The lowest BCUT2D eigenvalue weighted by Crippen LogP contribution is -2.37. The maximum absolute atomic E-state index is 10.9. The highest BCUT2D eigenvalue weighted by Gasteiger charge is 2.10. The molecular weight excluding hydrogens is 294 g/mol. The van der Waals surface area contributed by atoms with Crippen molar-refractivity contribution in [3.63, 3.8) is 0 Å². The summed E-state index contributed by atoms with van der Waals surface area (Å²) in [7, 11) is 0. The Bertz CT molecular complexity index is 476. The summed E-state index contributed by atoms with van der Waals surface area (Å²) in [6, 6.07) is 4.49. The second-order valence-electron chi connectivity index (χ2n) is 4.82. The van der Waals surface area contributed by atoms with E-state index in [1.807, 2.05) is 0 Å². The molecule has 0 aliphatic carbocycles. The zero-order valence-corrected chi connectivity index (χ0v) is 12.6.